The summed E-state index contributed by atoms with van der Waals surface area (Å²) in [6, 6.07) is 0. The van der Waals surface area contributed by atoms with E-state index in [1.165, 1.54) is 25.7 Å². The molecular weight excluding hydrogens is 571 g/mol. The molecule has 0 aliphatic heterocycles. The summed E-state index contributed by atoms with van der Waals surface area (Å²) in [6.07, 6.45) is 5.61. The summed E-state index contributed by atoms with van der Waals surface area (Å²) < 4.78 is 0. The summed E-state index contributed by atoms with van der Waals surface area (Å²) >= 11 is 12.5. The molecule has 6 heteroatoms. The molecule has 0 bridgehead atoms. The van der Waals surface area contributed by atoms with Gasteiger partial charge in [0.1, 0.15) is 0 Å². The average Bonchev–Trinajstić information content (AvgIpc) is 2.20. The molecule has 0 saturated carbocycles. The number of hydrogen-bond donors (Lipinski definition) is 0. The van der Waals surface area contributed by atoms with Gasteiger partial charge in [0.15, 0.2) is 0 Å². The van der Waals surface area contributed by atoms with Crippen LogP contribution in [0.2, 0.25) is 0 Å². The van der Waals surface area contributed by atoms with Gasteiger partial charge in [0.05, 0.1) is 0 Å². The van der Waals surface area contributed by atoms with Crippen LogP contribution >= 0.6 is 54.5 Å². The Hall–Kier alpha value is 3.17. The Morgan fingerprint density at radius 3 is 1.50 bits per heavy atom. The summed E-state index contributed by atoms with van der Waals surface area (Å²) in [6.45, 7) is 9.26. The monoisotopic (exact) mass is 586 g/mol. The van der Waals surface area contributed by atoms with Crippen molar-refractivity contribution in [2.75, 3.05) is 0 Å². The van der Waals surface area contributed by atoms with Crippen LogP contribution in [0.3, 0.4) is 0 Å². The van der Waals surface area contributed by atoms with Crippen molar-refractivity contribution in [1.29, 1.82) is 0 Å². The molecule has 1 atom stereocenters. The molecule has 0 amide bonds. The molecule has 1 unspecified atom stereocenters. The number of halogens is 4. The van der Waals surface area contributed by atoms with Crippen molar-refractivity contribution in [2.24, 2.45) is 11.8 Å². The van der Waals surface area contributed by atoms with Crippen LogP contribution in [-0.4, -0.2) is 0 Å². The zero-order chi connectivity index (χ0) is 13.4. The molecule has 0 saturated heterocycles. The normalized spacial score (nSPS) is 10.1. The van der Waals surface area contributed by atoms with Crippen LogP contribution in [0.15, 0.2) is 0 Å². The Bertz CT molecular complexity index is 103. The third kappa shape index (κ3) is 30.3. The fourth-order valence-corrected chi connectivity index (χ4v) is 1.05. The molecule has 0 heterocycles. The van der Waals surface area contributed by atoms with Crippen LogP contribution < -0.4 is 0 Å². The van der Waals surface area contributed by atoms with Gasteiger partial charge in [0.25, 0.3) is 0 Å². The van der Waals surface area contributed by atoms with Gasteiger partial charge in [-0.15, -0.1) is 0 Å². The fraction of sp³-hybridized carbons (Fsp3) is 1.00. The number of rotatable bonds is 5. The van der Waals surface area contributed by atoms with E-state index >= 15 is 0 Å². The van der Waals surface area contributed by atoms with E-state index in [-0.39, 0.29) is 26.4 Å². The summed E-state index contributed by atoms with van der Waals surface area (Å²) in [4.78, 5) is 0. The van der Waals surface area contributed by atoms with Gasteiger partial charge in [-0.2, -0.15) is 0 Å². The summed E-state index contributed by atoms with van der Waals surface area (Å²) in [7, 11) is 0. The Morgan fingerprint density at radius 2 is 1.25 bits per heavy atom. The topological polar surface area (TPSA) is 0 Å². The van der Waals surface area contributed by atoms with Gasteiger partial charge in [-0.3, -0.25) is 0 Å². The van der Waals surface area contributed by atoms with Crippen LogP contribution in [0, 0.1) is 11.8 Å². The average molecular weight is 593 g/mol. The number of unbranched alkanes of at least 4 members (excludes halogenated alkanes) is 2. The van der Waals surface area contributed by atoms with Gasteiger partial charge in [0, 0.05) is 0 Å². The fourth-order valence-electron chi connectivity index (χ4n) is 1.05. The molecule has 0 radical (unpaired) electrons. The molecular formula is C10H22Br4Zn2. The third-order valence-corrected chi connectivity index (χ3v) is 2.40. The van der Waals surface area contributed by atoms with Crippen molar-refractivity contribution >= 4 is 54.5 Å². The van der Waals surface area contributed by atoms with Crippen molar-refractivity contribution in [2.45, 2.75) is 53.4 Å². The molecule has 0 fully saturated rings. The summed E-state index contributed by atoms with van der Waals surface area (Å²) in [5.41, 5.74) is 0. The van der Waals surface area contributed by atoms with E-state index in [4.69, 9.17) is 0 Å². The Morgan fingerprint density at radius 1 is 0.875 bits per heavy atom. The van der Waals surface area contributed by atoms with Crippen molar-refractivity contribution < 1.29 is 26.4 Å². The van der Waals surface area contributed by atoms with Gasteiger partial charge in [-0.25, -0.2) is 0 Å². The van der Waals surface area contributed by atoms with Crippen molar-refractivity contribution in [3.63, 3.8) is 0 Å². The Kier molecular flexibility index (Phi) is 35.2. The van der Waals surface area contributed by atoms with E-state index in [0.717, 1.165) is 11.8 Å². The first-order valence-electron chi connectivity index (χ1n) is 5.75. The third-order valence-electron chi connectivity index (χ3n) is 2.40. The van der Waals surface area contributed by atoms with Crippen molar-refractivity contribution in [3.05, 3.63) is 0 Å². The van der Waals surface area contributed by atoms with Gasteiger partial charge >= 0.3 is 80.9 Å². The second kappa shape index (κ2) is 23.3. The van der Waals surface area contributed by atoms with Gasteiger partial charge in [-0.05, 0) is 11.8 Å². The van der Waals surface area contributed by atoms with Crippen LogP contribution in [0.5, 0.6) is 0 Å². The first-order chi connectivity index (χ1) is 7.51. The molecule has 0 aliphatic rings. The second-order valence-electron chi connectivity index (χ2n) is 3.92. The molecule has 94 valence electrons. The van der Waals surface area contributed by atoms with Crippen LogP contribution in [-0.2, 0) is 26.4 Å². The Balaban J connectivity index is -0.000000235. The summed E-state index contributed by atoms with van der Waals surface area (Å²) in [5.74, 6) is 1.79. The molecule has 16 heavy (non-hydrogen) atoms. The molecule has 0 nitrogen and oxygen atoms in total. The second-order valence-corrected chi connectivity index (χ2v) is 32.1. The van der Waals surface area contributed by atoms with E-state index < -0.39 is 0 Å². The maximum absolute atomic E-state index is 3.25. The molecule has 0 aromatic rings. The quantitative estimate of drug-likeness (QED) is 0.233. The maximum atomic E-state index is 3.25. The van der Waals surface area contributed by atoms with E-state index in [2.05, 4.69) is 82.2 Å². The van der Waals surface area contributed by atoms with Crippen LogP contribution in [0.4, 0.5) is 0 Å². The first kappa shape index (κ1) is 24.2. The number of hydrogen-bond acceptors (Lipinski definition) is 0. The van der Waals surface area contributed by atoms with Crippen molar-refractivity contribution in [1.82, 2.24) is 0 Å². The molecule has 0 spiro atoms. The van der Waals surface area contributed by atoms with E-state index in [9.17, 15) is 0 Å². The molecule has 0 N–H and O–H groups in total. The van der Waals surface area contributed by atoms with Gasteiger partial charge in [-0.1, -0.05) is 53.4 Å². The zero-order valence-electron chi connectivity index (χ0n) is 10.9. The molecule has 0 aliphatic carbocycles. The van der Waals surface area contributed by atoms with Crippen LogP contribution in [0.25, 0.3) is 0 Å². The molecule has 0 rings (SSSR count). The van der Waals surface area contributed by atoms with Crippen molar-refractivity contribution in [3.8, 4) is 0 Å². The predicted molar refractivity (Wildman–Crippen MR) is 83.9 cm³/mol. The Labute approximate surface area is 144 Å². The predicted octanol–water partition coefficient (Wildman–Crippen LogP) is 7.24. The van der Waals surface area contributed by atoms with Gasteiger partial charge < -0.3 is 0 Å². The van der Waals surface area contributed by atoms with E-state index in [1.54, 1.807) is 0 Å². The standard InChI is InChI=1S/C10H22.4BrH.2Zn/c1-5-6-7-8-10(4)9(2)3;;;;;;/h9-10H,5-8H2,1-4H3;4*1H;;/q;;;;;2*+2/p-4. The minimum atomic E-state index is -0.250. The SMILES string of the molecule is CCCCCC(C)C(C)C.[Br][Zn][Br].[Br][Zn][Br]. The molecule has 0 aromatic carbocycles. The minimum absolute atomic E-state index is 0.250. The van der Waals surface area contributed by atoms with E-state index in [1.807, 2.05) is 0 Å². The van der Waals surface area contributed by atoms with E-state index in [0.29, 0.717) is 0 Å². The van der Waals surface area contributed by atoms with Gasteiger partial charge in [0.2, 0.25) is 0 Å². The summed E-state index contributed by atoms with van der Waals surface area (Å²) in [5, 5.41) is 0. The first-order valence-corrected chi connectivity index (χ1v) is 33.5. The zero-order valence-corrected chi connectivity index (χ0v) is 23.2. The van der Waals surface area contributed by atoms with Crippen LogP contribution in [0.1, 0.15) is 53.4 Å². The molecule has 0 aromatic heterocycles.